The first-order valence-corrected chi connectivity index (χ1v) is 11.7. The summed E-state index contributed by atoms with van der Waals surface area (Å²) >= 11 is 0. The van der Waals surface area contributed by atoms with Crippen molar-refractivity contribution in [1.29, 1.82) is 0 Å². The summed E-state index contributed by atoms with van der Waals surface area (Å²) in [5.41, 5.74) is 4.63. The van der Waals surface area contributed by atoms with Gasteiger partial charge >= 0.3 is 5.97 Å². The van der Waals surface area contributed by atoms with Gasteiger partial charge in [0.15, 0.2) is 5.78 Å². The van der Waals surface area contributed by atoms with Crippen LogP contribution in [0.3, 0.4) is 0 Å². The van der Waals surface area contributed by atoms with Gasteiger partial charge in [-0.3, -0.25) is 14.5 Å². The number of fused-ring (bicyclic) bond motifs is 2. The molecule has 2 heterocycles. The summed E-state index contributed by atoms with van der Waals surface area (Å²) in [5.74, 6) is -0.0344. The second-order valence-electron chi connectivity index (χ2n) is 9.25. The van der Waals surface area contributed by atoms with Crippen molar-refractivity contribution in [2.75, 3.05) is 14.2 Å². The first-order valence-electron chi connectivity index (χ1n) is 11.7. The van der Waals surface area contributed by atoms with E-state index in [9.17, 15) is 9.59 Å². The number of ether oxygens (including phenoxy) is 1. The summed E-state index contributed by atoms with van der Waals surface area (Å²) in [7, 11) is 3.63. The summed E-state index contributed by atoms with van der Waals surface area (Å²) in [4.78, 5) is 28.0. The van der Waals surface area contributed by atoms with Crippen LogP contribution in [0.4, 0.5) is 0 Å². The van der Waals surface area contributed by atoms with E-state index in [1.54, 1.807) is 0 Å². The Hall–Kier alpha value is -3.24. The van der Waals surface area contributed by atoms with Gasteiger partial charge < -0.3 is 4.74 Å². The maximum Gasteiger partial charge on any atom is 0.310 e. The lowest BCUT2D eigenvalue weighted by atomic mass is 9.76. The van der Waals surface area contributed by atoms with Crippen molar-refractivity contribution in [2.24, 2.45) is 5.92 Å². The lowest BCUT2D eigenvalue weighted by Gasteiger charge is -2.41. The lowest BCUT2D eigenvalue weighted by Crippen LogP contribution is -2.49. The maximum atomic E-state index is 12.9. The van der Waals surface area contributed by atoms with Gasteiger partial charge in [-0.25, -0.2) is 0 Å². The standard InChI is InChI=1S/C29H29NO3/c1-30-24-15-16-26(30)27(29(32)33-2)25(18-24)20-13-11-19(12-14-20)22-9-6-10-23(17-22)28(31)21-7-4-3-5-8-21/h3-14,17,24-27H,15-16,18H2,1-2H3/t24-,25?,26+,27?/m1/s1. The molecule has 0 spiro atoms. The molecule has 3 aromatic carbocycles. The van der Waals surface area contributed by atoms with E-state index in [-0.39, 0.29) is 29.6 Å². The number of esters is 1. The number of rotatable bonds is 5. The van der Waals surface area contributed by atoms with E-state index in [0.29, 0.717) is 17.2 Å². The van der Waals surface area contributed by atoms with Gasteiger partial charge in [0.05, 0.1) is 13.0 Å². The Labute approximate surface area is 195 Å². The van der Waals surface area contributed by atoms with Gasteiger partial charge in [0.25, 0.3) is 0 Å². The Bertz CT molecular complexity index is 1150. The third-order valence-electron chi connectivity index (χ3n) is 7.58. The van der Waals surface area contributed by atoms with Gasteiger partial charge in [-0.15, -0.1) is 0 Å². The number of benzene rings is 3. The molecular weight excluding hydrogens is 410 g/mol. The highest BCUT2D eigenvalue weighted by atomic mass is 16.5. The van der Waals surface area contributed by atoms with Crippen molar-refractivity contribution >= 4 is 11.8 Å². The van der Waals surface area contributed by atoms with Crippen LogP contribution in [0.5, 0.6) is 0 Å². The molecule has 0 amide bonds. The van der Waals surface area contributed by atoms with Gasteiger partial charge in [-0.2, -0.15) is 0 Å². The van der Waals surface area contributed by atoms with Crippen molar-refractivity contribution in [3.05, 3.63) is 95.6 Å². The largest absolute Gasteiger partial charge is 0.469 e. The quantitative estimate of drug-likeness (QED) is 0.399. The SMILES string of the molecule is COC(=O)C1C(c2ccc(-c3cccc(C(=O)c4ccccc4)c3)cc2)C[C@H]2CC[C@@H]1N2C. The number of carbonyl (C=O) groups is 2. The molecule has 4 atom stereocenters. The molecule has 4 nitrogen and oxygen atoms in total. The van der Waals surface area contributed by atoms with Crippen LogP contribution in [0, 0.1) is 5.92 Å². The predicted octanol–water partition coefficient (Wildman–Crippen LogP) is 5.32. The molecule has 0 radical (unpaired) electrons. The average molecular weight is 440 g/mol. The molecule has 0 aromatic heterocycles. The van der Waals surface area contributed by atoms with Gasteiger partial charge in [-0.05, 0) is 49.1 Å². The molecule has 2 saturated heterocycles. The molecule has 0 aliphatic carbocycles. The molecule has 33 heavy (non-hydrogen) atoms. The molecule has 3 aromatic rings. The van der Waals surface area contributed by atoms with Crippen LogP contribution in [0.1, 0.15) is 46.7 Å². The lowest BCUT2D eigenvalue weighted by molar-refractivity contribution is -0.150. The summed E-state index contributed by atoms with van der Waals surface area (Å²) in [6.07, 6.45) is 3.18. The molecule has 0 N–H and O–H groups in total. The van der Waals surface area contributed by atoms with E-state index in [1.807, 2.05) is 54.6 Å². The Morgan fingerprint density at radius 2 is 1.58 bits per heavy atom. The van der Waals surface area contributed by atoms with Crippen LogP contribution < -0.4 is 0 Å². The van der Waals surface area contributed by atoms with Crippen molar-refractivity contribution in [2.45, 2.75) is 37.3 Å². The molecule has 2 aliphatic rings. The second-order valence-corrected chi connectivity index (χ2v) is 9.25. The Morgan fingerprint density at radius 1 is 0.848 bits per heavy atom. The minimum atomic E-state index is -0.128. The zero-order valence-corrected chi connectivity index (χ0v) is 19.1. The Kier molecular flexibility index (Phi) is 5.86. The molecule has 2 unspecified atom stereocenters. The molecular formula is C29H29NO3. The minimum absolute atomic E-state index is 0.0248. The summed E-state index contributed by atoms with van der Waals surface area (Å²) in [5, 5.41) is 0. The number of piperidine rings is 1. The van der Waals surface area contributed by atoms with Gasteiger partial charge in [-0.1, -0.05) is 72.8 Å². The van der Waals surface area contributed by atoms with Crippen LogP contribution in [-0.4, -0.2) is 42.9 Å². The summed E-state index contributed by atoms with van der Waals surface area (Å²) < 4.78 is 5.21. The van der Waals surface area contributed by atoms with Gasteiger partial charge in [0.1, 0.15) is 0 Å². The average Bonchev–Trinajstić information content (AvgIpc) is 3.10. The van der Waals surface area contributed by atoms with Crippen molar-refractivity contribution in [3.63, 3.8) is 0 Å². The number of ketones is 1. The number of carbonyl (C=O) groups excluding carboxylic acids is 2. The normalized spacial score (nSPS) is 24.4. The summed E-state index contributed by atoms with van der Waals surface area (Å²) in [6, 6.07) is 26.4. The molecule has 5 rings (SSSR count). The fourth-order valence-electron chi connectivity index (χ4n) is 5.79. The predicted molar refractivity (Wildman–Crippen MR) is 129 cm³/mol. The van der Waals surface area contributed by atoms with Crippen LogP contribution in [-0.2, 0) is 9.53 Å². The fourth-order valence-corrected chi connectivity index (χ4v) is 5.79. The molecule has 2 fully saturated rings. The molecule has 0 saturated carbocycles. The van der Waals surface area contributed by atoms with Crippen molar-refractivity contribution < 1.29 is 14.3 Å². The first kappa shape index (κ1) is 21.6. The highest BCUT2D eigenvalue weighted by Gasteiger charge is 2.49. The summed E-state index contributed by atoms with van der Waals surface area (Å²) in [6.45, 7) is 0. The van der Waals surface area contributed by atoms with E-state index < -0.39 is 0 Å². The van der Waals surface area contributed by atoms with E-state index in [1.165, 1.54) is 12.7 Å². The molecule has 4 heteroatoms. The van der Waals surface area contributed by atoms with Crippen molar-refractivity contribution in [3.8, 4) is 11.1 Å². The number of hydrogen-bond acceptors (Lipinski definition) is 4. The van der Waals surface area contributed by atoms with Crippen LogP contribution in [0.2, 0.25) is 0 Å². The van der Waals surface area contributed by atoms with Gasteiger partial charge in [0, 0.05) is 29.1 Å². The second kappa shape index (κ2) is 8.95. The number of methoxy groups -OCH3 is 1. The number of nitrogens with zero attached hydrogens (tertiary/aromatic N) is 1. The molecule has 168 valence electrons. The number of hydrogen-bond donors (Lipinski definition) is 0. The van der Waals surface area contributed by atoms with Gasteiger partial charge in [0.2, 0.25) is 0 Å². The minimum Gasteiger partial charge on any atom is -0.469 e. The molecule has 2 aliphatic heterocycles. The zero-order chi connectivity index (χ0) is 22.9. The topological polar surface area (TPSA) is 46.6 Å². The first-order chi connectivity index (χ1) is 16.1. The Balaban J connectivity index is 1.41. The highest BCUT2D eigenvalue weighted by Crippen LogP contribution is 2.46. The highest BCUT2D eigenvalue weighted by molar-refractivity contribution is 6.09. The smallest absolute Gasteiger partial charge is 0.310 e. The van der Waals surface area contributed by atoms with E-state index in [2.05, 4.69) is 36.2 Å². The zero-order valence-electron chi connectivity index (χ0n) is 19.1. The monoisotopic (exact) mass is 439 g/mol. The van der Waals surface area contributed by atoms with E-state index >= 15 is 0 Å². The van der Waals surface area contributed by atoms with Crippen LogP contribution in [0.15, 0.2) is 78.9 Å². The Morgan fingerprint density at radius 3 is 2.30 bits per heavy atom. The molecule has 2 bridgehead atoms. The van der Waals surface area contributed by atoms with E-state index in [0.717, 1.165) is 30.4 Å². The third kappa shape index (κ3) is 4.00. The third-order valence-corrected chi connectivity index (χ3v) is 7.58. The van der Waals surface area contributed by atoms with Crippen LogP contribution >= 0.6 is 0 Å². The maximum absolute atomic E-state index is 12.9. The van der Waals surface area contributed by atoms with Crippen LogP contribution in [0.25, 0.3) is 11.1 Å². The van der Waals surface area contributed by atoms with Crippen molar-refractivity contribution in [1.82, 2.24) is 4.90 Å². The van der Waals surface area contributed by atoms with E-state index in [4.69, 9.17) is 4.74 Å². The fraction of sp³-hybridized carbons (Fsp3) is 0.310.